The first kappa shape index (κ1) is 13.8. The molecular weight excluding hydrogens is 232 g/mol. The van der Waals surface area contributed by atoms with Gasteiger partial charge in [-0.1, -0.05) is 12.8 Å². The number of aliphatic hydroxyl groups excluding tert-OH is 1. The van der Waals surface area contributed by atoms with Gasteiger partial charge in [0.05, 0.1) is 11.6 Å². The molecule has 0 radical (unpaired) electrons. The summed E-state index contributed by atoms with van der Waals surface area (Å²) in [7, 11) is 0. The summed E-state index contributed by atoms with van der Waals surface area (Å²) in [5.41, 5.74) is 5.32. The molecule has 1 aliphatic carbocycles. The Morgan fingerprint density at radius 2 is 2.00 bits per heavy atom. The molecular formula is C13H24N2O3. The number of rotatable bonds is 3. The Morgan fingerprint density at radius 3 is 2.67 bits per heavy atom. The van der Waals surface area contributed by atoms with Crippen molar-refractivity contribution in [3.05, 3.63) is 0 Å². The fraction of sp³-hybridized carbons (Fsp3) is 0.923. The average molecular weight is 256 g/mol. The summed E-state index contributed by atoms with van der Waals surface area (Å²) < 4.78 is 5.23. The monoisotopic (exact) mass is 256 g/mol. The van der Waals surface area contributed by atoms with Crippen LogP contribution in [0.15, 0.2) is 0 Å². The van der Waals surface area contributed by atoms with Gasteiger partial charge in [-0.15, -0.1) is 0 Å². The summed E-state index contributed by atoms with van der Waals surface area (Å²) in [6.07, 6.45) is 4.94. The lowest BCUT2D eigenvalue weighted by Crippen LogP contribution is -2.57. The van der Waals surface area contributed by atoms with Crippen LogP contribution in [0, 0.1) is 5.92 Å². The summed E-state index contributed by atoms with van der Waals surface area (Å²) in [4.78, 5) is 12.1. The Hall–Kier alpha value is -0.650. The van der Waals surface area contributed by atoms with Crippen molar-refractivity contribution in [1.29, 1.82) is 0 Å². The quantitative estimate of drug-likeness (QED) is 0.671. The third-order valence-electron chi connectivity index (χ3n) is 4.23. The molecule has 1 saturated heterocycles. The van der Waals surface area contributed by atoms with Gasteiger partial charge in [-0.25, -0.2) is 0 Å². The Labute approximate surface area is 108 Å². The predicted octanol–water partition coefficient (Wildman–Crippen LogP) is 0.162. The van der Waals surface area contributed by atoms with Gasteiger partial charge >= 0.3 is 0 Å². The molecule has 104 valence electrons. The van der Waals surface area contributed by atoms with Crippen LogP contribution in [0.25, 0.3) is 0 Å². The van der Waals surface area contributed by atoms with Gasteiger partial charge in [0.2, 0.25) is 5.91 Å². The number of carbonyl (C=O) groups is 1. The highest BCUT2D eigenvalue weighted by Gasteiger charge is 2.36. The van der Waals surface area contributed by atoms with Crippen molar-refractivity contribution < 1.29 is 14.6 Å². The summed E-state index contributed by atoms with van der Waals surface area (Å²) in [6, 6.07) is 0. The van der Waals surface area contributed by atoms with Gasteiger partial charge in [0.1, 0.15) is 0 Å². The van der Waals surface area contributed by atoms with E-state index in [1.807, 2.05) is 0 Å². The SMILES string of the molecule is NC1(C(=O)NCC2CCCCC2O)CCOCC1. The summed E-state index contributed by atoms with van der Waals surface area (Å²) in [5, 5.41) is 12.8. The molecule has 0 bridgehead atoms. The molecule has 0 aromatic carbocycles. The lowest BCUT2D eigenvalue weighted by atomic mass is 9.85. The van der Waals surface area contributed by atoms with E-state index in [0.717, 1.165) is 25.7 Å². The van der Waals surface area contributed by atoms with Gasteiger partial charge in [-0.2, -0.15) is 0 Å². The number of amides is 1. The number of ether oxygens (including phenoxy) is 1. The number of hydrogen-bond donors (Lipinski definition) is 3. The van der Waals surface area contributed by atoms with Gasteiger partial charge in [-0.05, 0) is 25.7 Å². The van der Waals surface area contributed by atoms with E-state index < -0.39 is 5.54 Å². The third-order valence-corrected chi connectivity index (χ3v) is 4.23. The Morgan fingerprint density at radius 1 is 1.33 bits per heavy atom. The molecule has 2 rings (SSSR count). The van der Waals surface area contributed by atoms with Crippen molar-refractivity contribution in [2.45, 2.75) is 50.2 Å². The number of aliphatic hydroxyl groups is 1. The number of nitrogens with one attached hydrogen (secondary N) is 1. The van der Waals surface area contributed by atoms with Crippen molar-refractivity contribution in [3.63, 3.8) is 0 Å². The van der Waals surface area contributed by atoms with E-state index in [2.05, 4.69) is 5.32 Å². The van der Waals surface area contributed by atoms with E-state index in [0.29, 0.717) is 32.6 Å². The van der Waals surface area contributed by atoms with Crippen molar-refractivity contribution in [2.75, 3.05) is 19.8 Å². The Kier molecular flexibility index (Phi) is 4.59. The Bertz CT molecular complexity index is 290. The van der Waals surface area contributed by atoms with Crippen LogP contribution in [0.2, 0.25) is 0 Å². The van der Waals surface area contributed by atoms with Crippen LogP contribution in [-0.2, 0) is 9.53 Å². The molecule has 1 heterocycles. The van der Waals surface area contributed by atoms with Crippen LogP contribution >= 0.6 is 0 Å². The lowest BCUT2D eigenvalue weighted by Gasteiger charge is -2.33. The average Bonchev–Trinajstić information content (AvgIpc) is 2.38. The fourth-order valence-electron chi connectivity index (χ4n) is 2.79. The second-order valence-corrected chi connectivity index (χ2v) is 5.59. The van der Waals surface area contributed by atoms with Crippen LogP contribution in [0.1, 0.15) is 38.5 Å². The molecule has 1 aliphatic heterocycles. The molecule has 2 aliphatic rings. The number of nitrogens with two attached hydrogens (primary N) is 1. The third kappa shape index (κ3) is 3.22. The van der Waals surface area contributed by atoms with Crippen LogP contribution < -0.4 is 11.1 Å². The van der Waals surface area contributed by atoms with Crippen LogP contribution in [0.4, 0.5) is 0 Å². The first-order valence-electron chi connectivity index (χ1n) is 6.95. The molecule has 1 saturated carbocycles. The molecule has 18 heavy (non-hydrogen) atoms. The van der Waals surface area contributed by atoms with E-state index in [1.54, 1.807) is 0 Å². The molecule has 0 aromatic heterocycles. The number of carbonyl (C=O) groups excluding carboxylic acids is 1. The number of hydrogen-bond acceptors (Lipinski definition) is 4. The van der Waals surface area contributed by atoms with Crippen molar-refractivity contribution in [2.24, 2.45) is 11.7 Å². The van der Waals surface area contributed by atoms with Crippen LogP contribution in [0.5, 0.6) is 0 Å². The smallest absolute Gasteiger partial charge is 0.240 e. The standard InChI is InChI=1S/C13H24N2O3/c14-13(5-7-18-8-6-13)12(17)15-9-10-3-1-2-4-11(10)16/h10-11,16H,1-9,14H2,(H,15,17). The van der Waals surface area contributed by atoms with Crippen molar-refractivity contribution >= 4 is 5.91 Å². The largest absolute Gasteiger partial charge is 0.393 e. The van der Waals surface area contributed by atoms with Crippen molar-refractivity contribution in [1.82, 2.24) is 5.32 Å². The van der Waals surface area contributed by atoms with E-state index in [1.165, 1.54) is 0 Å². The molecule has 2 fully saturated rings. The predicted molar refractivity (Wildman–Crippen MR) is 67.9 cm³/mol. The molecule has 2 atom stereocenters. The molecule has 0 aromatic rings. The molecule has 1 amide bonds. The maximum atomic E-state index is 12.1. The van der Waals surface area contributed by atoms with Gasteiger partial charge in [0, 0.05) is 25.7 Å². The highest BCUT2D eigenvalue weighted by atomic mass is 16.5. The van der Waals surface area contributed by atoms with E-state index in [9.17, 15) is 9.90 Å². The first-order valence-corrected chi connectivity index (χ1v) is 6.95. The fourth-order valence-corrected chi connectivity index (χ4v) is 2.79. The normalized spacial score (nSPS) is 31.9. The van der Waals surface area contributed by atoms with E-state index in [4.69, 9.17) is 10.5 Å². The van der Waals surface area contributed by atoms with Gasteiger partial charge in [0.25, 0.3) is 0 Å². The van der Waals surface area contributed by atoms with Crippen molar-refractivity contribution in [3.8, 4) is 0 Å². The van der Waals surface area contributed by atoms with E-state index in [-0.39, 0.29) is 17.9 Å². The molecule has 4 N–H and O–H groups in total. The zero-order chi connectivity index (χ0) is 13.0. The Balaban J connectivity index is 1.80. The molecule has 5 nitrogen and oxygen atoms in total. The highest BCUT2D eigenvalue weighted by molar-refractivity contribution is 5.86. The summed E-state index contributed by atoms with van der Waals surface area (Å²) in [5.74, 6) is 0.0923. The van der Waals surface area contributed by atoms with E-state index >= 15 is 0 Å². The summed E-state index contributed by atoms with van der Waals surface area (Å²) in [6.45, 7) is 1.64. The van der Waals surface area contributed by atoms with Gasteiger partial charge in [-0.3, -0.25) is 4.79 Å². The second kappa shape index (κ2) is 5.99. The zero-order valence-electron chi connectivity index (χ0n) is 10.9. The van der Waals surface area contributed by atoms with Gasteiger partial charge < -0.3 is 20.9 Å². The first-order chi connectivity index (χ1) is 8.62. The highest BCUT2D eigenvalue weighted by Crippen LogP contribution is 2.24. The minimum absolute atomic E-state index is 0.0939. The molecule has 5 heteroatoms. The minimum atomic E-state index is -0.780. The second-order valence-electron chi connectivity index (χ2n) is 5.59. The maximum absolute atomic E-state index is 12.1. The van der Waals surface area contributed by atoms with Crippen LogP contribution in [0.3, 0.4) is 0 Å². The topological polar surface area (TPSA) is 84.6 Å². The molecule has 0 spiro atoms. The molecule has 2 unspecified atom stereocenters. The maximum Gasteiger partial charge on any atom is 0.240 e. The minimum Gasteiger partial charge on any atom is -0.393 e. The van der Waals surface area contributed by atoms with Crippen LogP contribution in [-0.4, -0.2) is 42.4 Å². The lowest BCUT2D eigenvalue weighted by molar-refractivity contribution is -0.130. The zero-order valence-corrected chi connectivity index (χ0v) is 10.9. The summed E-state index contributed by atoms with van der Waals surface area (Å²) >= 11 is 0. The van der Waals surface area contributed by atoms with Gasteiger partial charge in [0.15, 0.2) is 0 Å².